The predicted molar refractivity (Wildman–Crippen MR) is 122 cm³/mol. The van der Waals surface area contributed by atoms with Gasteiger partial charge in [0.25, 0.3) is 0 Å². The van der Waals surface area contributed by atoms with Crippen LogP contribution < -0.4 is 10.6 Å². The second-order valence-electron chi connectivity index (χ2n) is 7.90. The van der Waals surface area contributed by atoms with Crippen molar-refractivity contribution in [2.45, 2.75) is 45.8 Å². The molecule has 0 aromatic carbocycles. The largest absolute Gasteiger partial charge is 0.352 e. The first-order valence-electron chi connectivity index (χ1n) is 10.0. The summed E-state index contributed by atoms with van der Waals surface area (Å²) >= 11 is 0. The second kappa shape index (κ2) is 11.0. The van der Waals surface area contributed by atoms with Crippen LogP contribution in [0.25, 0.3) is 0 Å². The SMILES string of the molecule is CN=C(NCc1nccn1CC(C)C)N1CCN(CC(=O)NC2CC2)CC1.I. The average molecular weight is 503 g/mol. The molecule has 9 heteroatoms. The number of imidazole rings is 1. The third kappa shape index (κ3) is 6.91. The van der Waals surface area contributed by atoms with Gasteiger partial charge in [-0.3, -0.25) is 14.7 Å². The van der Waals surface area contributed by atoms with Crippen LogP contribution in [0.1, 0.15) is 32.5 Å². The summed E-state index contributed by atoms with van der Waals surface area (Å²) in [5.41, 5.74) is 0. The van der Waals surface area contributed by atoms with Gasteiger partial charge in [-0.05, 0) is 18.8 Å². The minimum absolute atomic E-state index is 0. The summed E-state index contributed by atoms with van der Waals surface area (Å²) in [6.45, 7) is 10.0. The summed E-state index contributed by atoms with van der Waals surface area (Å²) in [4.78, 5) is 25.3. The molecule has 2 N–H and O–H groups in total. The van der Waals surface area contributed by atoms with Crippen molar-refractivity contribution in [2.24, 2.45) is 10.9 Å². The first-order chi connectivity index (χ1) is 13.0. The van der Waals surface area contributed by atoms with Crippen LogP contribution >= 0.6 is 24.0 Å². The molecule has 0 spiro atoms. The summed E-state index contributed by atoms with van der Waals surface area (Å²) in [5.74, 6) is 2.67. The van der Waals surface area contributed by atoms with Crippen LogP contribution in [-0.4, -0.2) is 77.0 Å². The van der Waals surface area contributed by atoms with Gasteiger partial charge in [-0.1, -0.05) is 13.8 Å². The first kappa shape index (κ1) is 22.9. The summed E-state index contributed by atoms with van der Waals surface area (Å²) in [6, 6.07) is 0.435. The minimum Gasteiger partial charge on any atom is -0.352 e. The summed E-state index contributed by atoms with van der Waals surface area (Å²) in [6.07, 6.45) is 6.16. The quantitative estimate of drug-likeness (QED) is 0.332. The topological polar surface area (TPSA) is 77.8 Å². The molecule has 2 aliphatic rings. The lowest BCUT2D eigenvalue weighted by Crippen LogP contribution is -2.54. The van der Waals surface area contributed by atoms with Gasteiger partial charge in [-0.2, -0.15) is 0 Å². The van der Waals surface area contributed by atoms with Gasteiger partial charge in [0, 0.05) is 58.2 Å². The van der Waals surface area contributed by atoms with E-state index >= 15 is 0 Å². The predicted octanol–water partition coefficient (Wildman–Crippen LogP) is 1.13. The van der Waals surface area contributed by atoms with Crippen LogP contribution in [0.15, 0.2) is 17.4 Å². The van der Waals surface area contributed by atoms with Crippen LogP contribution in [0.5, 0.6) is 0 Å². The maximum atomic E-state index is 12.0. The molecule has 1 aliphatic heterocycles. The number of hydrogen-bond donors (Lipinski definition) is 2. The van der Waals surface area contributed by atoms with Crippen LogP contribution in [0.4, 0.5) is 0 Å². The number of guanidine groups is 1. The van der Waals surface area contributed by atoms with E-state index in [1.165, 1.54) is 0 Å². The first-order valence-corrected chi connectivity index (χ1v) is 10.0. The number of rotatable bonds is 7. The number of hydrogen-bond acceptors (Lipinski definition) is 4. The van der Waals surface area contributed by atoms with Crippen LogP contribution in [-0.2, 0) is 17.9 Å². The van der Waals surface area contributed by atoms with Gasteiger partial charge >= 0.3 is 0 Å². The Labute approximate surface area is 185 Å². The second-order valence-corrected chi connectivity index (χ2v) is 7.90. The molecule has 158 valence electrons. The van der Waals surface area contributed by atoms with Crippen molar-refractivity contribution < 1.29 is 4.79 Å². The number of aromatic nitrogens is 2. The molecule has 0 bridgehead atoms. The van der Waals surface area contributed by atoms with Gasteiger partial charge < -0.3 is 20.1 Å². The zero-order valence-electron chi connectivity index (χ0n) is 17.2. The van der Waals surface area contributed by atoms with Crippen molar-refractivity contribution in [3.63, 3.8) is 0 Å². The highest BCUT2D eigenvalue weighted by atomic mass is 127. The summed E-state index contributed by atoms with van der Waals surface area (Å²) < 4.78 is 2.20. The van der Waals surface area contributed by atoms with Crippen molar-refractivity contribution in [3.05, 3.63) is 18.2 Å². The molecule has 1 saturated heterocycles. The highest BCUT2D eigenvalue weighted by Crippen LogP contribution is 2.18. The van der Waals surface area contributed by atoms with Crippen LogP contribution in [0.2, 0.25) is 0 Å². The summed E-state index contributed by atoms with van der Waals surface area (Å²) in [7, 11) is 1.82. The zero-order chi connectivity index (χ0) is 19.2. The molecule has 0 radical (unpaired) electrons. The van der Waals surface area contributed by atoms with E-state index in [-0.39, 0.29) is 29.9 Å². The fraction of sp³-hybridized carbons (Fsp3) is 0.737. The highest BCUT2D eigenvalue weighted by Gasteiger charge is 2.26. The molecule has 1 aliphatic carbocycles. The van der Waals surface area contributed by atoms with Gasteiger partial charge in [0.05, 0.1) is 13.1 Å². The van der Waals surface area contributed by atoms with Crippen LogP contribution in [0.3, 0.4) is 0 Å². The molecular formula is C19H34IN7O. The number of carbonyl (C=O) groups excluding carboxylic acids is 1. The van der Waals surface area contributed by atoms with E-state index in [1.54, 1.807) is 0 Å². The van der Waals surface area contributed by atoms with Crippen molar-refractivity contribution in [1.29, 1.82) is 0 Å². The third-order valence-electron chi connectivity index (χ3n) is 4.96. The summed E-state index contributed by atoms with van der Waals surface area (Å²) in [5, 5.41) is 6.50. The number of piperazine rings is 1. The van der Waals surface area contributed by atoms with Gasteiger partial charge in [-0.15, -0.1) is 24.0 Å². The van der Waals surface area contributed by atoms with Crippen molar-refractivity contribution in [1.82, 2.24) is 30.0 Å². The number of carbonyl (C=O) groups is 1. The van der Waals surface area contributed by atoms with E-state index in [9.17, 15) is 4.79 Å². The normalized spacial score (nSPS) is 18.1. The van der Waals surface area contributed by atoms with E-state index in [0.717, 1.165) is 57.3 Å². The van der Waals surface area contributed by atoms with Crippen LogP contribution in [0, 0.1) is 5.92 Å². The number of aliphatic imine (C=N–C) groups is 1. The molecule has 1 aromatic heterocycles. The van der Waals surface area contributed by atoms with E-state index in [1.807, 2.05) is 19.4 Å². The molecule has 1 saturated carbocycles. The zero-order valence-corrected chi connectivity index (χ0v) is 19.6. The van der Waals surface area contributed by atoms with E-state index in [4.69, 9.17) is 0 Å². The fourth-order valence-corrected chi connectivity index (χ4v) is 3.38. The molecule has 2 fully saturated rings. The van der Waals surface area contributed by atoms with E-state index in [0.29, 0.717) is 25.0 Å². The van der Waals surface area contributed by atoms with Crippen molar-refractivity contribution >= 4 is 35.8 Å². The third-order valence-corrected chi connectivity index (χ3v) is 4.96. The smallest absolute Gasteiger partial charge is 0.234 e. The lowest BCUT2D eigenvalue weighted by atomic mass is 10.2. The Morgan fingerprint density at radius 2 is 2.00 bits per heavy atom. The molecule has 3 rings (SSSR count). The Kier molecular flexibility index (Phi) is 9.00. The molecule has 8 nitrogen and oxygen atoms in total. The monoisotopic (exact) mass is 503 g/mol. The molecular weight excluding hydrogens is 469 g/mol. The van der Waals surface area contributed by atoms with Gasteiger partial charge in [0.1, 0.15) is 5.82 Å². The molecule has 0 unspecified atom stereocenters. The Morgan fingerprint density at radius 3 is 2.61 bits per heavy atom. The van der Waals surface area contributed by atoms with E-state index in [2.05, 4.69) is 48.8 Å². The maximum absolute atomic E-state index is 12.0. The Bertz CT molecular complexity index is 648. The Morgan fingerprint density at radius 1 is 1.29 bits per heavy atom. The maximum Gasteiger partial charge on any atom is 0.234 e. The molecule has 0 atom stereocenters. The van der Waals surface area contributed by atoms with Gasteiger partial charge in [-0.25, -0.2) is 4.98 Å². The Balaban J connectivity index is 0.00000280. The number of halogens is 1. The lowest BCUT2D eigenvalue weighted by molar-refractivity contribution is -0.122. The van der Waals surface area contributed by atoms with Gasteiger partial charge in [0.15, 0.2) is 5.96 Å². The average Bonchev–Trinajstić information content (AvgIpc) is 3.34. The number of amides is 1. The lowest BCUT2D eigenvalue weighted by Gasteiger charge is -2.36. The van der Waals surface area contributed by atoms with Crippen molar-refractivity contribution in [2.75, 3.05) is 39.8 Å². The highest BCUT2D eigenvalue weighted by molar-refractivity contribution is 14.0. The fourth-order valence-electron chi connectivity index (χ4n) is 3.38. The van der Waals surface area contributed by atoms with E-state index < -0.39 is 0 Å². The molecule has 1 amide bonds. The number of nitrogens with zero attached hydrogens (tertiary/aromatic N) is 5. The van der Waals surface area contributed by atoms with Crippen molar-refractivity contribution in [3.8, 4) is 0 Å². The minimum atomic E-state index is 0. The number of nitrogens with one attached hydrogen (secondary N) is 2. The van der Waals surface area contributed by atoms with Gasteiger partial charge in [0.2, 0.25) is 5.91 Å². The molecule has 1 aromatic rings. The molecule has 2 heterocycles. The molecule has 28 heavy (non-hydrogen) atoms. The standard InChI is InChI=1S/C19H33N7O.HI/c1-15(2)13-26-7-6-21-17(26)12-22-19(20-3)25-10-8-24(9-11-25)14-18(27)23-16-4-5-16;/h6-7,15-16H,4-5,8-14H2,1-3H3,(H,20,22)(H,23,27);1H. The Hall–Kier alpha value is -1.36.